The van der Waals surface area contributed by atoms with Crippen molar-refractivity contribution in [1.82, 2.24) is 5.32 Å². The highest BCUT2D eigenvalue weighted by Gasteiger charge is 2.33. The quantitative estimate of drug-likeness (QED) is 0.786. The lowest BCUT2D eigenvalue weighted by molar-refractivity contribution is 0.293. The van der Waals surface area contributed by atoms with Gasteiger partial charge in [-0.2, -0.15) is 0 Å². The Balaban J connectivity index is 2.36. The molecule has 1 heterocycles. The number of piperidine rings is 1. The first-order chi connectivity index (χ1) is 7.28. The molecule has 0 amide bonds. The zero-order valence-corrected chi connectivity index (χ0v) is 9.22. The van der Waals surface area contributed by atoms with Gasteiger partial charge in [0.2, 0.25) is 0 Å². The third-order valence-corrected chi connectivity index (χ3v) is 3.59. The Hall–Kier alpha value is -0.890. The Morgan fingerprint density at radius 2 is 2.20 bits per heavy atom. The second-order valence-electron chi connectivity index (χ2n) is 4.39. The normalized spacial score (nSPS) is 26.5. The van der Waals surface area contributed by atoms with E-state index in [4.69, 9.17) is 0 Å². The molecule has 82 valence electrons. The number of halogens is 1. The van der Waals surface area contributed by atoms with Crippen LogP contribution in [0.2, 0.25) is 0 Å². The van der Waals surface area contributed by atoms with Gasteiger partial charge in [-0.05, 0) is 37.4 Å². The van der Waals surface area contributed by atoms with E-state index in [-0.39, 0.29) is 11.2 Å². The molecule has 0 aliphatic carbocycles. The summed E-state index contributed by atoms with van der Waals surface area (Å²) in [5.74, 6) is -0.0527. The van der Waals surface area contributed by atoms with Crippen molar-refractivity contribution in [3.8, 4) is 0 Å². The molecular formula is C13H18FN. The van der Waals surface area contributed by atoms with E-state index in [0.29, 0.717) is 0 Å². The van der Waals surface area contributed by atoms with Gasteiger partial charge in [0.1, 0.15) is 5.82 Å². The van der Waals surface area contributed by atoms with Gasteiger partial charge in [-0.3, -0.25) is 0 Å². The molecule has 2 rings (SSSR count). The van der Waals surface area contributed by atoms with Crippen molar-refractivity contribution < 1.29 is 4.39 Å². The summed E-state index contributed by atoms with van der Waals surface area (Å²) in [6.07, 6.45) is 3.24. The monoisotopic (exact) mass is 207 g/mol. The minimum Gasteiger partial charge on any atom is -0.316 e. The summed E-state index contributed by atoms with van der Waals surface area (Å²) in [4.78, 5) is 0. The van der Waals surface area contributed by atoms with E-state index < -0.39 is 0 Å². The molecule has 15 heavy (non-hydrogen) atoms. The van der Waals surface area contributed by atoms with Crippen LogP contribution < -0.4 is 5.32 Å². The maximum Gasteiger partial charge on any atom is 0.127 e. The van der Waals surface area contributed by atoms with Gasteiger partial charge < -0.3 is 5.32 Å². The van der Waals surface area contributed by atoms with Gasteiger partial charge in [0.25, 0.3) is 0 Å². The van der Waals surface area contributed by atoms with Crippen LogP contribution in [0.1, 0.15) is 31.7 Å². The Kier molecular flexibility index (Phi) is 3.06. The first-order valence-corrected chi connectivity index (χ1v) is 5.74. The molecule has 0 saturated carbocycles. The predicted molar refractivity (Wildman–Crippen MR) is 60.5 cm³/mol. The van der Waals surface area contributed by atoms with Crippen LogP contribution in [0, 0.1) is 5.82 Å². The van der Waals surface area contributed by atoms with E-state index >= 15 is 0 Å². The summed E-state index contributed by atoms with van der Waals surface area (Å²) in [5.41, 5.74) is 0.906. The van der Waals surface area contributed by atoms with Crippen molar-refractivity contribution in [2.75, 3.05) is 13.1 Å². The summed E-state index contributed by atoms with van der Waals surface area (Å²) in [7, 11) is 0. The summed E-state index contributed by atoms with van der Waals surface area (Å²) >= 11 is 0. The predicted octanol–water partition coefficient (Wildman–Crippen LogP) is 2.86. The van der Waals surface area contributed by atoms with E-state index in [1.807, 2.05) is 12.1 Å². The molecular weight excluding hydrogens is 189 g/mol. The molecule has 0 spiro atoms. The van der Waals surface area contributed by atoms with Crippen LogP contribution in [0.15, 0.2) is 24.3 Å². The van der Waals surface area contributed by atoms with Crippen LogP contribution in [0.5, 0.6) is 0 Å². The Bertz CT molecular complexity index is 329. The van der Waals surface area contributed by atoms with E-state index in [1.54, 1.807) is 12.1 Å². The molecule has 1 unspecified atom stereocenters. The summed E-state index contributed by atoms with van der Waals surface area (Å²) in [5, 5.41) is 3.39. The van der Waals surface area contributed by atoms with Crippen LogP contribution >= 0.6 is 0 Å². The van der Waals surface area contributed by atoms with Crippen LogP contribution in [-0.4, -0.2) is 13.1 Å². The largest absolute Gasteiger partial charge is 0.316 e. The second-order valence-corrected chi connectivity index (χ2v) is 4.39. The first kappa shape index (κ1) is 10.6. The molecule has 1 aromatic carbocycles. The van der Waals surface area contributed by atoms with Crippen molar-refractivity contribution in [2.45, 2.75) is 31.6 Å². The summed E-state index contributed by atoms with van der Waals surface area (Å²) in [6.45, 7) is 4.13. The molecule has 1 aromatic rings. The summed E-state index contributed by atoms with van der Waals surface area (Å²) in [6, 6.07) is 7.20. The third kappa shape index (κ3) is 1.91. The fourth-order valence-corrected chi connectivity index (χ4v) is 2.58. The fraction of sp³-hybridized carbons (Fsp3) is 0.538. The van der Waals surface area contributed by atoms with Gasteiger partial charge in [0, 0.05) is 12.0 Å². The lowest BCUT2D eigenvalue weighted by Gasteiger charge is -2.37. The Morgan fingerprint density at radius 1 is 1.40 bits per heavy atom. The van der Waals surface area contributed by atoms with E-state index in [9.17, 15) is 4.39 Å². The zero-order valence-electron chi connectivity index (χ0n) is 9.22. The second kappa shape index (κ2) is 4.31. The van der Waals surface area contributed by atoms with Gasteiger partial charge in [-0.15, -0.1) is 0 Å². The number of rotatable bonds is 2. The highest BCUT2D eigenvalue weighted by atomic mass is 19.1. The van der Waals surface area contributed by atoms with Gasteiger partial charge in [-0.25, -0.2) is 4.39 Å². The third-order valence-electron chi connectivity index (χ3n) is 3.59. The van der Waals surface area contributed by atoms with Gasteiger partial charge in [0.05, 0.1) is 0 Å². The van der Waals surface area contributed by atoms with E-state index in [2.05, 4.69) is 12.2 Å². The molecule has 0 radical (unpaired) electrons. The number of benzene rings is 1. The standard InChI is InChI=1S/C13H18FN/c1-2-13(8-5-9-15-10-13)11-6-3-4-7-12(11)14/h3-4,6-7,15H,2,5,8-10H2,1H3. The van der Waals surface area contributed by atoms with Gasteiger partial charge in [-0.1, -0.05) is 25.1 Å². The van der Waals surface area contributed by atoms with Crippen molar-refractivity contribution in [3.63, 3.8) is 0 Å². The van der Waals surface area contributed by atoms with Crippen molar-refractivity contribution in [2.24, 2.45) is 0 Å². The van der Waals surface area contributed by atoms with Gasteiger partial charge >= 0.3 is 0 Å². The highest BCUT2D eigenvalue weighted by Crippen LogP contribution is 2.35. The van der Waals surface area contributed by atoms with Crippen LogP contribution in [0.4, 0.5) is 4.39 Å². The maximum absolute atomic E-state index is 13.8. The van der Waals surface area contributed by atoms with Gasteiger partial charge in [0.15, 0.2) is 0 Å². The molecule has 1 N–H and O–H groups in total. The number of hydrogen-bond acceptors (Lipinski definition) is 1. The molecule has 1 atom stereocenters. The fourth-order valence-electron chi connectivity index (χ4n) is 2.58. The maximum atomic E-state index is 13.8. The molecule has 0 aromatic heterocycles. The molecule has 1 fully saturated rings. The Morgan fingerprint density at radius 3 is 2.80 bits per heavy atom. The lowest BCUT2D eigenvalue weighted by Crippen LogP contribution is -2.43. The molecule has 2 heteroatoms. The molecule has 1 aliphatic heterocycles. The van der Waals surface area contributed by atoms with Crippen molar-refractivity contribution in [1.29, 1.82) is 0 Å². The van der Waals surface area contributed by atoms with Crippen LogP contribution in [0.25, 0.3) is 0 Å². The first-order valence-electron chi connectivity index (χ1n) is 5.74. The number of hydrogen-bond donors (Lipinski definition) is 1. The van der Waals surface area contributed by atoms with E-state index in [1.165, 1.54) is 0 Å². The minimum atomic E-state index is -0.0527. The minimum absolute atomic E-state index is 0.0175. The molecule has 1 saturated heterocycles. The average Bonchev–Trinajstić information content (AvgIpc) is 2.30. The summed E-state index contributed by atoms with van der Waals surface area (Å²) < 4.78 is 13.8. The van der Waals surface area contributed by atoms with Crippen molar-refractivity contribution in [3.05, 3.63) is 35.6 Å². The topological polar surface area (TPSA) is 12.0 Å². The lowest BCUT2D eigenvalue weighted by atomic mass is 9.72. The SMILES string of the molecule is CCC1(c2ccccc2F)CCCNC1. The molecule has 1 nitrogen and oxygen atoms in total. The van der Waals surface area contributed by atoms with Crippen LogP contribution in [0.3, 0.4) is 0 Å². The average molecular weight is 207 g/mol. The van der Waals surface area contributed by atoms with Crippen molar-refractivity contribution >= 4 is 0 Å². The smallest absolute Gasteiger partial charge is 0.127 e. The molecule has 0 bridgehead atoms. The zero-order chi connectivity index (χ0) is 10.7. The van der Waals surface area contributed by atoms with E-state index in [0.717, 1.165) is 37.9 Å². The van der Waals surface area contributed by atoms with Crippen LogP contribution in [-0.2, 0) is 5.41 Å². The number of nitrogens with one attached hydrogen (secondary N) is 1. The highest BCUT2D eigenvalue weighted by molar-refractivity contribution is 5.28. The molecule has 1 aliphatic rings. The Labute approximate surface area is 90.7 Å².